The number of nitrogens with one attached hydrogen (secondary N) is 1. The second-order valence-electron chi connectivity index (χ2n) is 7.06. The first kappa shape index (κ1) is 15.9. The van der Waals surface area contributed by atoms with Crippen molar-refractivity contribution in [1.29, 1.82) is 0 Å². The Morgan fingerprint density at radius 2 is 1.94 bits per heavy atom. The number of hydrogen-bond acceptors (Lipinski definition) is 3. The Kier molecular flexibility index (Phi) is 6.61. The summed E-state index contributed by atoms with van der Waals surface area (Å²) in [7, 11) is 4.27. The fourth-order valence-corrected chi connectivity index (χ4v) is 2.63. The molecule has 1 saturated heterocycles. The summed E-state index contributed by atoms with van der Waals surface area (Å²) in [6, 6.07) is 0. The molecular weight excluding hydrogens is 222 g/mol. The minimum atomic E-state index is 0.480. The zero-order valence-corrected chi connectivity index (χ0v) is 13.1. The van der Waals surface area contributed by atoms with Gasteiger partial charge in [-0.1, -0.05) is 20.8 Å². The standard InChI is InChI=1S/C15H33N3/c1-15(2,3)14-7-11-18(13-14)12-9-16-8-6-10-17(4)5/h14,16H,6-13H2,1-5H3. The van der Waals surface area contributed by atoms with Crippen LogP contribution in [-0.2, 0) is 0 Å². The second-order valence-corrected chi connectivity index (χ2v) is 7.06. The highest BCUT2D eigenvalue weighted by Crippen LogP contribution is 2.33. The maximum atomic E-state index is 3.55. The number of hydrogen-bond donors (Lipinski definition) is 1. The molecule has 3 heteroatoms. The average Bonchev–Trinajstić information content (AvgIpc) is 2.71. The summed E-state index contributed by atoms with van der Waals surface area (Å²) in [5, 5.41) is 3.55. The summed E-state index contributed by atoms with van der Waals surface area (Å²) in [5.41, 5.74) is 0.480. The second kappa shape index (κ2) is 7.46. The Hall–Kier alpha value is -0.120. The van der Waals surface area contributed by atoms with Crippen molar-refractivity contribution in [3.05, 3.63) is 0 Å². The van der Waals surface area contributed by atoms with Gasteiger partial charge >= 0.3 is 0 Å². The summed E-state index contributed by atoms with van der Waals surface area (Å²) in [6.07, 6.45) is 2.63. The van der Waals surface area contributed by atoms with Crippen molar-refractivity contribution in [2.24, 2.45) is 11.3 Å². The van der Waals surface area contributed by atoms with Gasteiger partial charge in [0.1, 0.15) is 0 Å². The van der Waals surface area contributed by atoms with Gasteiger partial charge in [-0.25, -0.2) is 0 Å². The first-order valence-electron chi connectivity index (χ1n) is 7.47. The van der Waals surface area contributed by atoms with E-state index in [1.807, 2.05) is 0 Å². The van der Waals surface area contributed by atoms with E-state index in [1.165, 1.54) is 39.0 Å². The molecule has 0 aromatic carbocycles. The van der Waals surface area contributed by atoms with Crippen molar-refractivity contribution in [1.82, 2.24) is 15.1 Å². The van der Waals surface area contributed by atoms with Crippen molar-refractivity contribution < 1.29 is 0 Å². The molecule has 1 atom stereocenters. The summed E-state index contributed by atoms with van der Waals surface area (Å²) < 4.78 is 0. The van der Waals surface area contributed by atoms with Crippen molar-refractivity contribution in [3.63, 3.8) is 0 Å². The lowest BCUT2D eigenvalue weighted by molar-refractivity contribution is 0.229. The van der Waals surface area contributed by atoms with Gasteiger partial charge in [0.25, 0.3) is 0 Å². The van der Waals surface area contributed by atoms with E-state index in [0.29, 0.717) is 5.41 Å². The van der Waals surface area contributed by atoms with E-state index >= 15 is 0 Å². The molecule has 1 fully saturated rings. The van der Waals surface area contributed by atoms with Gasteiger partial charge in [-0.05, 0) is 57.9 Å². The van der Waals surface area contributed by atoms with Crippen LogP contribution < -0.4 is 5.32 Å². The van der Waals surface area contributed by atoms with Crippen molar-refractivity contribution in [2.75, 3.05) is 53.4 Å². The third-order valence-corrected chi connectivity index (χ3v) is 4.06. The maximum Gasteiger partial charge on any atom is 0.0107 e. The van der Waals surface area contributed by atoms with Crippen LogP contribution in [-0.4, -0.2) is 63.2 Å². The summed E-state index contributed by atoms with van der Waals surface area (Å²) in [5.74, 6) is 0.881. The molecule has 3 nitrogen and oxygen atoms in total. The van der Waals surface area contributed by atoms with Crippen molar-refractivity contribution in [3.8, 4) is 0 Å². The molecule has 0 aromatic heterocycles. The summed E-state index contributed by atoms with van der Waals surface area (Å²) in [4.78, 5) is 4.87. The Morgan fingerprint density at radius 1 is 1.22 bits per heavy atom. The van der Waals surface area contributed by atoms with Crippen LogP contribution in [0.15, 0.2) is 0 Å². The van der Waals surface area contributed by atoms with E-state index in [-0.39, 0.29) is 0 Å². The van der Waals surface area contributed by atoms with Crippen molar-refractivity contribution in [2.45, 2.75) is 33.6 Å². The minimum absolute atomic E-state index is 0.480. The molecular formula is C15H33N3. The topological polar surface area (TPSA) is 18.5 Å². The van der Waals surface area contributed by atoms with Crippen LogP contribution in [0.2, 0.25) is 0 Å². The van der Waals surface area contributed by atoms with Crippen LogP contribution >= 0.6 is 0 Å². The van der Waals surface area contributed by atoms with E-state index in [1.54, 1.807) is 0 Å². The third-order valence-electron chi connectivity index (χ3n) is 4.06. The molecule has 1 aliphatic heterocycles. The highest BCUT2D eigenvalue weighted by molar-refractivity contribution is 4.83. The molecule has 0 aliphatic carbocycles. The van der Waals surface area contributed by atoms with E-state index in [2.05, 4.69) is 50.0 Å². The van der Waals surface area contributed by atoms with Crippen LogP contribution in [0, 0.1) is 11.3 Å². The highest BCUT2D eigenvalue weighted by atomic mass is 15.2. The predicted octanol–water partition coefficient (Wildman–Crippen LogP) is 1.90. The zero-order chi connectivity index (χ0) is 13.6. The third kappa shape index (κ3) is 6.17. The quantitative estimate of drug-likeness (QED) is 0.701. The van der Waals surface area contributed by atoms with Crippen molar-refractivity contribution >= 4 is 0 Å². The Bertz CT molecular complexity index is 220. The van der Waals surface area contributed by atoms with Gasteiger partial charge in [0.05, 0.1) is 0 Å². The molecule has 108 valence electrons. The maximum absolute atomic E-state index is 3.55. The lowest BCUT2D eigenvalue weighted by Crippen LogP contribution is -2.33. The molecule has 0 aromatic rings. The molecule has 0 spiro atoms. The largest absolute Gasteiger partial charge is 0.315 e. The van der Waals surface area contributed by atoms with Crippen LogP contribution in [0.4, 0.5) is 0 Å². The Labute approximate surface area is 114 Å². The molecule has 0 radical (unpaired) electrons. The molecule has 1 rings (SSSR count). The summed E-state index contributed by atoms with van der Waals surface area (Å²) in [6.45, 7) is 14.4. The minimum Gasteiger partial charge on any atom is -0.315 e. The highest BCUT2D eigenvalue weighted by Gasteiger charge is 2.31. The Balaban J connectivity index is 2.01. The first-order chi connectivity index (χ1) is 8.39. The Morgan fingerprint density at radius 3 is 2.50 bits per heavy atom. The van der Waals surface area contributed by atoms with Gasteiger partial charge < -0.3 is 15.1 Å². The summed E-state index contributed by atoms with van der Waals surface area (Å²) >= 11 is 0. The normalized spacial score (nSPS) is 22.0. The van der Waals surface area contributed by atoms with Crippen LogP contribution in [0.25, 0.3) is 0 Å². The molecule has 1 N–H and O–H groups in total. The number of likely N-dealkylation sites (tertiary alicyclic amines) is 1. The smallest absolute Gasteiger partial charge is 0.0107 e. The predicted molar refractivity (Wildman–Crippen MR) is 80.0 cm³/mol. The SMILES string of the molecule is CN(C)CCCNCCN1CCC(C(C)(C)C)C1. The van der Waals surface area contributed by atoms with Crippen LogP contribution in [0.5, 0.6) is 0 Å². The first-order valence-corrected chi connectivity index (χ1v) is 7.47. The van der Waals surface area contributed by atoms with E-state index in [9.17, 15) is 0 Å². The van der Waals surface area contributed by atoms with Gasteiger partial charge in [-0.3, -0.25) is 0 Å². The van der Waals surface area contributed by atoms with Gasteiger partial charge in [0.15, 0.2) is 0 Å². The molecule has 18 heavy (non-hydrogen) atoms. The molecule has 0 amide bonds. The molecule has 0 saturated carbocycles. The van der Waals surface area contributed by atoms with E-state index in [0.717, 1.165) is 19.0 Å². The van der Waals surface area contributed by atoms with Crippen LogP contribution in [0.1, 0.15) is 33.6 Å². The van der Waals surface area contributed by atoms with E-state index < -0.39 is 0 Å². The number of rotatable bonds is 7. The van der Waals surface area contributed by atoms with Gasteiger partial charge in [-0.15, -0.1) is 0 Å². The van der Waals surface area contributed by atoms with Crippen LogP contribution in [0.3, 0.4) is 0 Å². The zero-order valence-electron chi connectivity index (χ0n) is 13.1. The molecule has 1 aliphatic rings. The molecule has 1 heterocycles. The van der Waals surface area contributed by atoms with E-state index in [4.69, 9.17) is 0 Å². The molecule has 0 bridgehead atoms. The van der Waals surface area contributed by atoms with Gasteiger partial charge in [0, 0.05) is 19.6 Å². The number of nitrogens with zero attached hydrogens (tertiary/aromatic N) is 2. The molecule has 1 unspecified atom stereocenters. The lowest BCUT2D eigenvalue weighted by atomic mass is 9.80. The fourth-order valence-electron chi connectivity index (χ4n) is 2.63. The van der Waals surface area contributed by atoms with Gasteiger partial charge in [0.2, 0.25) is 0 Å². The van der Waals surface area contributed by atoms with Gasteiger partial charge in [-0.2, -0.15) is 0 Å². The average molecular weight is 255 g/mol. The fraction of sp³-hybridized carbons (Fsp3) is 1.00. The lowest BCUT2D eigenvalue weighted by Gasteiger charge is -2.27. The monoisotopic (exact) mass is 255 g/mol.